The van der Waals surface area contributed by atoms with E-state index in [1.165, 1.54) is 0 Å². The van der Waals surface area contributed by atoms with Crippen LogP contribution in [0.2, 0.25) is 0 Å². The summed E-state index contributed by atoms with van der Waals surface area (Å²) in [6.07, 6.45) is 3.34. The molecule has 180 valence electrons. The monoisotopic (exact) mass is 499 g/mol. The number of nitrogens with zero attached hydrogens (tertiary/aromatic N) is 5. The first-order valence-electron chi connectivity index (χ1n) is 11.0. The van der Waals surface area contributed by atoms with Gasteiger partial charge in [-0.2, -0.15) is 5.01 Å². The summed E-state index contributed by atoms with van der Waals surface area (Å²) in [4.78, 5) is 43.4. The Bertz CT molecular complexity index is 1370. The second kappa shape index (κ2) is 9.62. The minimum atomic E-state index is -1.46. The molecule has 2 N–H and O–H groups in total. The highest BCUT2D eigenvalue weighted by molar-refractivity contribution is 7.99. The summed E-state index contributed by atoms with van der Waals surface area (Å²) in [6, 6.07) is 20.8. The van der Waals surface area contributed by atoms with Crippen molar-refractivity contribution in [1.82, 2.24) is 35.5 Å². The average Bonchev–Trinajstić information content (AvgIpc) is 3.41. The Morgan fingerprint density at radius 1 is 0.972 bits per heavy atom. The number of pyridine rings is 1. The van der Waals surface area contributed by atoms with Crippen LogP contribution in [-0.4, -0.2) is 48.4 Å². The molecule has 5 rings (SSSR count). The number of aromatic nitrogens is 4. The number of carbonyl (C=O) groups is 3. The summed E-state index contributed by atoms with van der Waals surface area (Å²) in [7, 11) is 1.79. The van der Waals surface area contributed by atoms with Gasteiger partial charge in [-0.25, -0.2) is 4.79 Å². The van der Waals surface area contributed by atoms with Crippen molar-refractivity contribution in [3.8, 4) is 11.4 Å². The molecule has 36 heavy (non-hydrogen) atoms. The third kappa shape index (κ3) is 4.09. The molecular formula is C25H21N7O3S. The fourth-order valence-corrected chi connectivity index (χ4v) is 4.74. The van der Waals surface area contributed by atoms with Gasteiger partial charge < -0.3 is 9.88 Å². The maximum Gasteiger partial charge on any atom is 0.344 e. The van der Waals surface area contributed by atoms with Crippen LogP contribution in [0.15, 0.2) is 90.3 Å². The number of hydrazine groups is 1. The number of nitrogens with one attached hydrogen (secondary N) is 2. The molecule has 0 aliphatic carbocycles. The zero-order valence-corrected chi connectivity index (χ0v) is 20.0. The lowest BCUT2D eigenvalue weighted by molar-refractivity contribution is -0.137. The predicted octanol–water partition coefficient (Wildman–Crippen LogP) is 2.50. The summed E-state index contributed by atoms with van der Waals surface area (Å²) >= 11 is 1.14. The molecule has 3 heterocycles. The van der Waals surface area contributed by atoms with Gasteiger partial charge in [0.15, 0.2) is 16.5 Å². The Labute approximate surface area is 210 Å². The van der Waals surface area contributed by atoms with E-state index < -0.39 is 23.4 Å². The largest absolute Gasteiger partial charge is 0.344 e. The van der Waals surface area contributed by atoms with Gasteiger partial charge in [-0.1, -0.05) is 72.4 Å². The molecule has 2 aromatic heterocycles. The maximum atomic E-state index is 13.7. The van der Waals surface area contributed by atoms with Crippen LogP contribution in [0, 0.1) is 0 Å². The van der Waals surface area contributed by atoms with Crippen molar-refractivity contribution < 1.29 is 14.4 Å². The molecule has 11 heteroatoms. The number of hydrogen-bond acceptors (Lipinski definition) is 7. The lowest BCUT2D eigenvalue weighted by atomic mass is 9.83. The number of rotatable bonds is 7. The SMILES string of the molecule is Cn1c(SCC(=O)NN2C(=O)NC(c3ccccc3)(c3ccccc3)C2=O)nnc1-c1cccnc1. The molecule has 1 aliphatic rings. The fraction of sp³-hybridized carbons (Fsp3) is 0.120. The van der Waals surface area contributed by atoms with Gasteiger partial charge in [-0.15, -0.1) is 10.2 Å². The van der Waals surface area contributed by atoms with E-state index in [4.69, 9.17) is 0 Å². The van der Waals surface area contributed by atoms with E-state index >= 15 is 0 Å². The number of thioether (sulfide) groups is 1. The first kappa shape index (κ1) is 23.2. The van der Waals surface area contributed by atoms with Gasteiger partial charge in [-0.3, -0.25) is 20.0 Å². The molecule has 1 saturated heterocycles. The molecule has 4 aromatic rings. The third-order valence-corrected chi connectivity index (χ3v) is 6.78. The van der Waals surface area contributed by atoms with Gasteiger partial charge in [-0.05, 0) is 23.3 Å². The van der Waals surface area contributed by atoms with Crippen LogP contribution in [0.25, 0.3) is 11.4 Å². The van der Waals surface area contributed by atoms with E-state index in [9.17, 15) is 14.4 Å². The standard InChI is InChI=1S/C25H21N7O3S/c1-31-21(17-9-8-14-26-15-17)28-29-24(31)36-16-20(33)30-32-22(34)25(27-23(32)35,18-10-4-2-5-11-18)19-12-6-3-7-13-19/h2-15H,16H2,1H3,(H,27,35)(H,30,33). The summed E-state index contributed by atoms with van der Waals surface area (Å²) in [5.74, 6) is -0.609. The first-order valence-corrected chi connectivity index (χ1v) is 12.0. The zero-order chi connectivity index (χ0) is 25.1. The normalized spacial score (nSPS) is 14.5. The van der Waals surface area contributed by atoms with E-state index in [0.717, 1.165) is 22.3 Å². The van der Waals surface area contributed by atoms with Gasteiger partial charge in [0.25, 0.3) is 5.91 Å². The van der Waals surface area contributed by atoms with E-state index in [1.54, 1.807) is 78.6 Å². The molecule has 1 fully saturated rings. The second-order valence-electron chi connectivity index (χ2n) is 7.98. The van der Waals surface area contributed by atoms with E-state index in [1.807, 2.05) is 18.2 Å². The molecule has 4 amide bonds. The van der Waals surface area contributed by atoms with E-state index in [2.05, 4.69) is 25.9 Å². The van der Waals surface area contributed by atoms with E-state index in [-0.39, 0.29) is 5.75 Å². The average molecular weight is 500 g/mol. The number of benzene rings is 2. The van der Waals surface area contributed by atoms with Crippen molar-refractivity contribution in [2.75, 3.05) is 5.75 Å². The summed E-state index contributed by atoms with van der Waals surface area (Å²) < 4.78 is 1.75. The van der Waals surface area contributed by atoms with Crippen molar-refractivity contribution in [2.45, 2.75) is 10.7 Å². The lowest BCUT2D eigenvalue weighted by Gasteiger charge is -2.27. The van der Waals surface area contributed by atoms with Gasteiger partial charge >= 0.3 is 6.03 Å². The van der Waals surface area contributed by atoms with Crippen LogP contribution < -0.4 is 10.7 Å². The van der Waals surface area contributed by atoms with Gasteiger partial charge in [0, 0.05) is 25.0 Å². The molecule has 0 atom stereocenters. The van der Waals surface area contributed by atoms with Gasteiger partial charge in [0.1, 0.15) is 0 Å². The van der Waals surface area contributed by atoms with Gasteiger partial charge in [0.05, 0.1) is 5.75 Å². The topological polar surface area (TPSA) is 122 Å². The highest BCUT2D eigenvalue weighted by Gasteiger charge is 2.54. The van der Waals surface area contributed by atoms with Gasteiger partial charge in [0.2, 0.25) is 5.91 Å². The van der Waals surface area contributed by atoms with Crippen molar-refractivity contribution >= 4 is 29.6 Å². The van der Waals surface area contributed by atoms with E-state index in [0.29, 0.717) is 22.1 Å². The Hall–Kier alpha value is -4.51. The van der Waals surface area contributed by atoms with Crippen molar-refractivity contribution in [3.63, 3.8) is 0 Å². The van der Waals surface area contributed by atoms with Crippen LogP contribution in [0.3, 0.4) is 0 Å². The number of urea groups is 1. The number of hydrogen-bond donors (Lipinski definition) is 2. The summed E-state index contributed by atoms with van der Waals surface area (Å²) in [5.41, 5.74) is 2.95. The summed E-state index contributed by atoms with van der Waals surface area (Å²) in [6.45, 7) is 0. The second-order valence-corrected chi connectivity index (χ2v) is 8.93. The van der Waals surface area contributed by atoms with Crippen LogP contribution in [-0.2, 0) is 22.2 Å². The lowest BCUT2D eigenvalue weighted by Crippen LogP contribution is -2.49. The highest BCUT2D eigenvalue weighted by atomic mass is 32.2. The fourth-order valence-electron chi connectivity index (χ4n) is 4.04. The molecule has 0 saturated carbocycles. The molecule has 2 aromatic carbocycles. The quantitative estimate of drug-likeness (QED) is 0.296. The molecule has 0 radical (unpaired) electrons. The number of amides is 4. The number of carbonyl (C=O) groups excluding carboxylic acids is 3. The van der Waals surface area contributed by atoms with Crippen LogP contribution >= 0.6 is 11.8 Å². The van der Waals surface area contributed by atoms with Crippen molar-refractivity contribution in [2.24, 2.45) is 7.05 Å². The Kier molecular flexibility index (Phi) is 6.21. The van der Waals surface area contributed by atoms with Crippen LogP contribution in [0.4, 0.5) is 4.79 Å². The molecule has 0 bridgehead atoms. The smallest absolute Gasteiger partial charge is 0.314 e. The minimum absolute atomic E-state index is 0.0836. The molecule has 1 aliphatic heterocycles. The number of imide groups is 1. The van der Waals surface area contributed by atoms with Crippen LogP contribution in [0.5, 0.6) is 0 Å². The van der Waals surface area contributed by atoms with Crippen molar-refractivity contribution in [3.05, 3.63) is 96.3 Å². The Balaban J connectivity index is 1.33. The van der Waals surface area contributed by atoms with Crippen molar-refractivity contribution in [1.29, 1.82) is 0 Å². The minimum Gasteiger partial charge on any atom is -0.314 e. The molecule has 0 spiro atoms. The Morgan fingerprint density at radius 3 is 2.25 bits per heavy atom. The Morgan fingerprint density at radius 2 is 1.64 bits per heavy atom. The molecular weight excluding hydrogens is 478 g/mol. The molecule has 0 unspecified atom stereocenters. The predicted molar refractivity (Wildman–Crippen MR) is 132 cm³/mol. The third-order valence-electron chi connectivity index (χ3n) is 5.76. The highest BCUT2D eigenvalue weighted by Crippen LogP contribution is 2.35. The van der Waals surface area contributed by atoms with Crippen LogP contribution in [0.1, 0.15) is 11.1 Å². The molecule has 10 nitrogen and oxygen atoms in total. The maximum absolute atomic E-state index is 13.7. The summed E-state index contributed by atoms with van der Waals surface area (Å²) in [5, 5.41) is 12.3. The zero-order valence-electron chi connectivity index (χ0n) is 19.2. The first-order chi connectivity index (χ1) is 17.5.